The predicted molar refractivity (Wildman–Crippen MR) is 67.5 cm³/mol. The molecule has 0 aliphatic carbocycles. The number of thiazole rings is 1. The van der Waals surface area contributed by atoms with E-state index in [0.29, 0.717) is 18.8 Å². The summed E-state index contributed by atoms with van der Waals surface area (Å²) >= 11 is 1.07. The van der Waals surface area contributed by atoms with Gasteiger partial charge in [0.1, 0.15) is 5.69 Å². The number of nitrogens with one attached hydrogen (secondary N) is 1. The van der Waals surface area contributed by atoms with E-state index in [0.717, 1.165) is 29.3 Å². The summed E-state index contributed by atoms with van der Waals surface area (Å²) in [5, 5.41) is 0. The molecule has 0 radical (unpaired) electrons. The van der Waals surface area contributed by atoms with E-state index in [2.05, 4.69) is 9.88 Å². The molecule has 5 nitrogen and oxygen atoms in total. The van der Waals surface area contributed by atoms with Gasteiger partial charge < -0.3 is 9.72 Å². The number of ether oxygens (including phenoxy) is 1. The van der Waals surface area contributed by atoms with Crippen LogP contribution in [0.2, 0.25) is 0 Å². The van der Waals surface area contributed by atoms with E-state index in [4.69, 9.17) is 4.74 Å². The van der Waals surface area contributed by atoms with E-state index in [1.165, 1.54) is 0 Å². The van der Waals surface area contributed by atoms with Crippen LogP contribution in [0.5, 0.6) is 0 Å². The highest BCUT2D eigenvalue weighted by atomic mass is 32.1. The van der Waals surface area contributed by atoms with Gasteiger partial charge in [0, 0.05) is 6.54 Å². The fourth-order valence-electron chi connectivity index (χ4n) is 1.49. The molecule has 0 aromatic carbocycles. The summed E-state index contributed by atoms with van der Waals surface area (Å²) in [6.45, 7) is 8.50. The molecule has 1 N–H and O–H groups in total. The molecule has 0 unspecified atom stereocenters. The lowest BCUT2D eigenvalue weighted by Crippen LogP contribution is -2.23. The van der Waals surface area contributed by atoms with Gasteiger partial charge in [-0.05, 0) is 20.0 Å². The molecule has 17 heavy (non-hydrogen) atoms. The first-order valence-electron chi connectivity index (χ1n) is 5.73. The summed E-state index contributed by atoms with van der Waals surface area (Å²) in [6, 6.07) is 0. The van der Waals surface area contributed by atoms with Crippen LogP contribution in [0.15, 0.2) is 4.79 Å². The number of aromatic nitrogens is 1. The minimum Gasteiger partial charge on any atom is -0.461 e. The number of rotatable bonds is 6. The molecule has 0 aliphatic rings. The molecular formula is C11H18N2O3S. The smallest absolute Gasteiger partial charge is 0.356 e. The number of aromatic amines is 1. The van der Waals surface area contributed by atoms with Crippen LogP contribution in [0.1, 0.15) is 36.1 Å². The monoisotopic (exact) mass is 258 g/mol. The topological polar surface area (TPSA) is 62.4 Å². The first-order chi connectivity index (χ1) is 8.12. The fourth-order valence-corrected chi connectivity index (χ4v) is 2.35. The Bertz CT molecular complexity index is 421. The molecule has 6 heteroatoms. The number of hydrogen-bond acceptors (Lipinski definition) is 5. The van der Waals surface area contributed by atoms with Crippen LogP contribution in [-0.2, 0) is 11.3 Å². The minimum absolute atomic E-state index is 0.213. The molecule has 1 aromatic rings. The van der Waals surface area contributed by atoms with Gasteiger partial charge in [-0.3, -0.25) is 9.69 Å². The molecule has 96 valence electrons. The zero-order valence-electron chi connectivity index (χ0n) is 10.4. The molecule has 1 aromatic heterocycles. The second-order valence-electron chi connectivity index (χ2n) is 3.49. The van der Waals surface area contributed by atoms with Crippen LogP contribution in [0, 0.1) is 0 Å². The second kappa shape index (κ2) is 6.56. The van der Waals surface area contributed by atoms with E-state index in [1.54, 1.807) is 6.92 Å². The third-order valence-corrected chi connectivity index (χ3v) is 3.33. The first kappa shape index (κ1) is 13.9. The lowest BCUT2D eigenvalue weighted by Gasteiger charge is -2.17. The van der Waals surface area contributed by atoms with Gasteiger partial charge in [-0.1, -0.05) is 25.2 Å². The van der Waals surface area contributed by atoms with Gasteiger partial charge in [0.15, 0.2) is 0 Å². The van der Waals surface area contributed by atoms with Crippen molar-refractivity contribution in [3.8, 4) is 0 Å². The Labute approximate surface area is 104 Å². The van der Waals surface area contributed by atoms with Crippen molar-refractivity contribution in [2.24, 2.45) is 0 Å². The molecule has 0 bridgehead atoms. The van der Waals surface area contributed by atoms with Gasteiger partial charge in [-0.2, -0.15) is 0 Å². The summed E-state index contributed by atoms with van der Waals surface area (Å²) in [7, 11) is 0. The number of nitrogens with zero attached hydrogens (tertiary/aromatic N) is 1. The maximum absolute atomic E-state index is 11.6. The lowest BCUT2D eigenvalue weighted by atomic mass is 10.3. The number of esters is 1. The highest BCUT2D eigenvalue weighted by Gasteiger charge is 2.18. The van der Waals surface area contributed by atoms with Crippen LogP contribution in [-0.4, -0.2) is 35.5 Å². The molecule has 0 spiro atoms. The Hall–Kier alpha value is -1.14. The molecule has 0 saturated carbocycles. The quantitative estimate of drug-likeness (QED) is 0.785. The van der Waals surface area contributed by atoms with Gasteiger partial charge in [-0.25, -0.2) is 4.79 Å². The minimum atomic E-state index is -0.451. The largest absolute Gasteiger partial charge is 0.461 e. The van der Waals surface area contributed by atoms with Crippen molar-refractivity contribution in [1.29, 1.82) is 0 Å². The van der Waals surface area contributed by atoms with E-state index in [1.807, 2.05) is 13.8 Å². The fraction of sp³-hybridized carbons (Fsp3) is 0.636. The predicted octanol–water partition coefficient (Wildman–Crippen LogP) is 1.45. The summed E-state index contributed by atoms with van der Waals surface area (Å²) in [6.07, 6.45) is 0. The van der Waals surface area contributed by atoms with Crippen LogP contribution < -0.4 is 4.87 Å². The molecule has 0 fully saturated rings. The highest BCUT2D eigenvalue weighted by molar-refractivity contribution is 7.09. The molecule has 0 saturated heterocycles. The second-order valence-corrected chi connectivity index (χ2v) is 4.56. The summed E-state index contributed by atoms with van der Waals surface area (Å²) in [5.41, 5.74) is 0.300. The van der Waals surface area contributed by atoms with Gasteiger partial charge in [0.25, 0.3) is 0 Å². The Morgan fingerprint density at radius 1 is 1.35 bits per heavy atom. The maximum Gasteiger partial charge on any atom is 0.356 e. The standard InChI is InChI=1S/C11H18N2O3S/c1-4-13(5-2)7-8-9(10(14)16-6-3)12-11(15)17-8/h4-7H2,1-3H3,(H,12,15). The average molecular weight is 258 g/mol. The summed E-state index contributed by atoms with van der Waals surface area (Å²) in [5.74, 6) is -0.451. The molecule has 1 heterocycles. The molecule has 0 aliphatic heterocycles. The summed E-state index contributed by atoms with van der Waals surface area (Å²) < 4.78 is 4.91. The van der Waals surface area contributed by atoms with E-state index in [-0.39, 0.29) is 4.87 Å². The van der Waals surface area contributed by atoms with Gasteiger partial charge in [0.2, 0.25) is 0 Å². The molecule has 1 rings (SSSR count). The maximum atomic E-state index is 11.6. The van der Waals surface area contributed by atoms with Crippen LogP contribution >= 0.6 is 11.3 Å². The first-order valence-corrected chi connectivity index (χ1v) is 6.55. The van der Waals surface area contributed by atoms with Gasteiger partial charge in [-0.15, -0.1) is 0 Å². The summed E-state index contributed by atoms with van der Waals surface area (Å²) in [4.78, 5) is 28.2. The number of H-pyrrole nitrogens is 1. The van der Waals surface area contributed by atoms with Crippen molar-refractivity contribution in [2.75, 3.05) is 19.7 Å². The van der Waals surface area contributed by atoms with Gasteiger partial charge >= 0.3 is 10.8 Å². The van der Waals surface area contributed by atoms with Crippen molar-refractivity contribution >= 4 is 17.3 Å². The number of hydrogen-bond donors (Lipinski definition) is 1. The highest BCUT2D eigenvalue weighted by Crippen LogP contribution is 2.13. The molecular weight excluding hydrogens is 240 g/mol. The Kier molecular flexibility index (Phi) is 5.37. The van der Waals surface area contributed by atoms with Crippen molar-refractivity contribution in [3.05, 3.63) is 20.2 Å². The SMILES string of the molecule is CCOC(=O)c1[nH]c(=O)sc1CN(CC)CC. The van der Waals surface area contributed by atoms with E-state index >= 15 is 0 Å². The van der Waals surface area contributed by atoms with Crippen LogP contribution in [0.25, 0.3) is 0 Å². The number of carbonyl (C=O) groups is 1. The van der Waals surface area contributed by atoms with Crippen molar-refractivity contribution < 1.29 is 9.53 Å². The Morgan fingerprint density at radius 2 is 2.00 bits per heavy atom. The van der Waals surface area contributed by atoms with Crippen molar-refractivity contribution in [2.45, 2.75) is 27.3 Å². The van der Waals surface area contributed by atoms with Crippen molar-refractivity contribution in [3.63, 3.8) is 0 Å². The van der Waals surface area contributed by atoms with E-state index in [9.17, 15) is 9.59 Å². The third kappa shape index (κ3) is 3.67. The molecule has 0 atom stereocenters. The average Bonchev–Trinajstić information content (AvgIpc) is 2.67. The Morgan fingerprint density at radius 3 is 2.53 bits per heavy atom. The van der Waals surface area contributed by atoms with Crippen molar-refractivity contribution in [1.82, 2.24) is 9.88 Å². The van der Waals surface area contributed by atoms with Gasteiger partial charge in [0.05, 0.1) is 11.5 Å². The Balaban J connectivity index is 2.91. The third-order valence-electron chi connectivity index (χ3n) is 2.46. The zero-order valence-corrected chi connectivity index (χ0v) is 11.2. The lowest BCUT2D eigenvalue weighted by molar-refractivity contribution is 0.0518. The normalized spacial score (nSPS) is 10.8. The van der Waals surface area contributed by atoms with Crippen LogP contribution in [0.3, 0.4) is 0 Å². The molecule has 0 amide bonds. The number of carbonyl (C=O) groups excluding carboxylic acids is 1. The van der Waals surface area contributed by atoms with E-state index < -0.39 is 5.97 Å². The zero-order chi connectivity index (χ0) is 12.8. The van der Waals surface area contributed by atoms with Crippen LogP contribution in [0.4, 0.5) is 0 Å².